The molecule has 0 aromatic carbocycles. The SMILES string of the molecule is c1ccc(COC2CCOC3(C2)CN(Cc2ccco2)C3)nc1. The Morgan fingerprint density at radius 2 is 2.22 bits per heavy atom. The van der Waals surface area contributed by atoms with Crippen molar-refractivity contribution in [1.29, 1.82) is 0 Å². The molecule has 0 aliphatic carbocycles. The second kappa shape index (κ2) is 6.43. The second-order valence-electron chi connectivity index (χ2n) is 6.50. The summed E-state index contributed by atoms with van der Waals surface area (Å²) in [6.45, 7) is 4.13. The lowest BCUT2D eigenvalue weighted by atomic mass is 9.84. The molecule has 2 aromatic rings. The number of hydrogen-bond acceptors (Lipinski definition) is 5. The van der Waals surface area contributed by atoms with E-state index in [1.54, 1.807) is 6.26 Å². The summed E-state index contributed by atoms with van der Waals surface area (Å²) in [7, 11) is 0. The molecule has 2 aliphatic rings. The quantitative estimate of drug-likeness (QED) is 0.849. The van der Waals surface area contributed by atoms with Crippen molar-refractivity contribution in [2.45, 2.75) is 37.7 Å². The van der Waals surface area contributed by atoms with Crippen LogP contribution in [0.2, 0.25) is 0 Å². The van der Waals surface area contributed by atoms with Gasteiger partial charge in [-0.1, -0.05) is 6.07 Å². The minimum absolute atomic E-state index is 0.0281. The van der Waals surface area contributed by atoms with E-state index in [2.05, 4.69) is 9.88 Å². The third-order valence-corrected chi connectivity index (χ3v) is 4.62. The third kappa shape index (κ3) is 3.47. The largest absolute Gasteiger partial charge is 0.468 e. The van der Waals surface area contributed by atoms with Crippen molar-refractivity contribution in [2.24, 2.45) is 0 Å². The van der Waals surface area contributed by atoms with Crippen molar-refractivity contribution in [3.05, 3.63) is 54.2 Å². The smallest absolute Gasteiger partial charge is 0.117 e. The molecule has 0 saturated carbocycles. The summed E-state index contributed by atoms with van der Waals surface area (Å²) in [5.74, 6) is 1.01. The molecule has 1 spiro atoms. The van der Waals surface area contributed by atoms with E-state index in [-0.39, 0.29) is 11.7 Å². The number of ether oxygens (including phenoxy) is 2. The third-order valence-electron chi connectivity index (χ3n) is 4.62. The van der Waals surface area contributed by atoms with Gasteiger partial charge >= 0.3 is 0 Å². The van der Waals surface area contributed by atoms with Gasteiger partial charge in [-0.25, -0.2) is 0 Å². The van der Waals surface area contributed by atoms with Crippen LogP contribution in [0, 0.1) is 0 Å². The van der Waals surface area contributed by atoms with E-state index in [0.29, 0.717) is 6.61 Å². The lowest BCUT2D eigenvalue weighted by Gasteiger charge is -2.53. The Hall–Kier alpha value is -1.69. The normalized spacial score (nSPS) is 23.7. The second-order valence-corrected chi connectivity index (χ2v) is 6.50. The summed E-state index contributed by atoms with van der Waals surface area (Å²) in [4.78, 5) is 6.67. The monoisotopic (exact) mass is 314 g/mol. The molecule has 2 aromatic heterocycles. The van der Waals surface area contributed by atoms with Crippen LogP contribution in [0.5, 0.6) is 0 Å². The van der Waals surface area contributed by atoms with Crippen LogP contribution in [-0.4, -0.2) is 41.3 Å². The van der Waals surface area contributed by atoms with E-state index < -0.39 is 0 Å². The van der Waals surface area contributed by atoms with E-state index in [9.17, 15) is 0 Å². The van der Waals surface area contributed by atoms with Crippen molar-refractivity contribution >= 4 is 0 Å². The number of likely N-dealkylation sites (tertiary alicyclic amines) is 1. The maximum Gasteiger partial charge on any atom is 0.117 e. The van der Waals surface area contributed by atoms with Crippen molar-refractivity contribution in [1.82, 2.24) is 9.88 Å². The molecule has 1 unspecified atom stereocenters. The average Bonchev–Trinajstić information content (AvgIpc) is 3.06. The molecular formula is C18H22N2O3. The Kier molecular flexibility index (Phi) is 4.16. The van der Waals surface area contributed by atoms with Crippen LogP contribution in [0.15, 0.2) is 47.2 Å². The van der Waals surface area contributed by atoms with Crippen LogP contribution >= 0.6 is 0 Å². The molecule has 0 amide bonds. The number of hydrogen-bond donors (Lipinski definition) is 0. The van der Waals surface area contributed by atoms with E-state index in [4.69, 9.17) is 13.9 Å². The van der Waals surface area contributed by atoms with Crippen molar-refractivity contribution in [2.75, 3.05) is 19.7 Å². The number of rotatable bonds is 5. The highest BCUT2D eigenvalue weighted by molar-refractivity contribution is 5.06. The van der Waals surface area contributed by atoms with Crippen LogP contribution in [0.3, 0.4) is 0 Å². The summed E-state index contributed by atoms with van der Waals surface area (Å²) in [6, 6.07) is 9.88. The number of pyridine rings is 1. The highest BCUT2D eigenvalue weighted by Gasteiger charge is 2.47. The molecule has 1 atom stereocenters. The summed E-state index contributed by atoms with van der Waals surface area (Å²) < 4.78 is 17.5. The molecule has 2 saturated heterocycles. The van der Waals surface area contributed by atoms with E-state index in [1.807, 2.05) is 36.5 Å². The highest BCUT2D eigenvalue weighted by atomic mass is 16.5. The van der Waals surface area contributed by atoms with Gasteiger partial charge in [-0.05, 0) is 30.7 Å². The standard InChI is InChI=1S/C18H22N2O3/c1-2-7-19-15(4-1)12-22-16-6-9-23-18(10-16)13-20(14-18)11-17-5-3-8-21-17/h1-5,7-8,16H,6,9-14H2. The zero-order chi connectivity index (χ0) is 15.5. The van der Waals surface area contributed by atoms with Crippen molar-refractivity contribution < 1.29 is 13.9 Å². The van der Waals surface area contributed by atoms with Gasteiger partial charge in [-0.3, -0.25) is 9.88 Å². The van der Waals surface area contributed by atoms with Crippen LogP contribution in [0.1, 0.15) is 24.3 Å². The van der Waals surface area contributed by atoms with Gasteiger partial charge in [0.05, 0.1) is 36.8 Å². The molecule has 4 heterocycles. The van der Waals surface area contributed by atoms with Gasteiger partial charge in [-0.15, -0.1) is 0 Å². The van der Waals surface area contributed by atoms with Crippen molar-refractivity contribution in [3.63, 3.8) is 0 Å². The van der Waals surface area contributed by atoms with Gasteiger partial charge in [0, 0.05) is 32.3 Å². The first-order valence-corrected chi connectivity index (χ1v) is 8.22. The van der Waals surface area contributed by atoms with Crippen molar-refractivity contribution in [3.8, 4) is 0 Å². The first kappa shape index (κ1) is 14.9. The predicted molar refractivity (Wildman–Crippen MR) is 84.7 cm³/mol. The van der Waals surface area contributed by atoms with Crippen LogP contribution < -0.4 is 0 Å². The zero-order valence-corrected chi connectivity index (χ0v) is 13.2. The molecule has 0 N–H and O–H groups in total. The minimum atomic E-state index is -0.0281. The molecule has 2 fully saturated rings. The van der Waals surface area contributed by atoms with E-state index >= 15 is 0 Å². The Bertz CT molecular complexity index is 608. The fourth-order valence-corrected chi connectivity index (χ4v) is 3.54. The molecule has 5 heteroatoms. The highest BCUT2D eigenvalue weighted by Crippen LogP contribution is 2.36. The number of aromatic nitrogens is 1. The fraction of sp³-hybridized carbons (Fsp3) is 0.500. The van der Waals surface area contributed by atoms with Gasteiger partial charge in [0.25, 0.3) is 0 Å². The van der Waals surface area contributed by atoms with Gasteiger partial charge < -0.3 is 13.9 Å². The summed E-state index contributed by atoms with van der Waals surface area (Å²) in [6.07, 6.45) is 5.73. The van der Waals surface area contributed by atoms with Gasteiger partial charge in [0.2, 0.25) is 0 Å². The van der Waals surface area contributed by atoms with Gasteiger partial charge in [-0.2, -0.15) is 0 Å². The molecule has 23 heavy (non-hydrogen) atoms. The molecular weight excluding hydrogens is 292 g/mol. The number of nitrogens with zero attached hydrogens (tertiary/aromatic N) is 2. The maximum absolute atomic E-state index is 6.07. The van der Waals surface area contributed by atoms with Crippen LogP contribution in [0.25, 0.3) is 0 Å². The first-order chi connectivity index (χ1) is 11.3. The summed E-state index contributed by atoms with van der Waals surface area (Å²) >= 11 is 0. The molecule has 0 radical (unpaired) electrons. The van der Waals surface area contributed by atoms with Gasteiger partial charge in [0.1, 0.15) is 5.76 Å². The van der Waals surface area contributed by atoms with Crippen LogP contribution in [0.4, 0.5) is 0 Å². The average molecular weight is 314 g/mol. The Labute approximate surface area is 136 Å². The van der Waals surface area contributed by atoms with Gasteiger partial charge in [0.15, 0.2) is 0 Å². The topological polar surface area (TPSA) is 47.7 Å². The maximum atomic E-state index is 6.07. The first-order valence-electron chi connectivity index (χ1n) is 8.22. The predicted octanol–water partition coefficient (Wildman–Crippen LogP) is 2.62. The summed E-state index contributed by atoms with van der Waals surface area (Å²) in [5, 5.41) is 0. The molecule has 4 rings (SSSR count). The molecule has 0 bridgehead atoms. The molecule has 5 nitrogen and oxygen atoms in total. The summed E-state index contributed by atoms with van der Waals surface area (Å²) in [5.41, 5.74) is 0.959. The Morgan fingerprint density at radius 3 is 3.00 bits per heavy atom. The Balaban J connectivity index is 1.27. The number of furan rings is 1. The minimum Gasteiger partial charge on any atom is -0.468 e. The molecule has 2 aliphatic heterocycles. The fourth-order valence-electron chi connectivity index (χ4n) is 3.54. The van der Waals surface area contributed by atoms with E-state index in [1.165, 1.54) is 0 Å². The molecule has 122 valence electrons. The lowest BCUT2D eigenvalue weighted by molar-refractivity contribution is -0.201. The van der Waals surface area contributed by atoms with Crippen LogP contribution in [-0.2, 0) is 22.6 Å². The zero-order valence-electron chi connectivity index (χ0n) is 13.2. The van der Waals surface area contributed by atoms with E-state index in [0.717, 1.165) is 50.5 Å². The Morgan fingerprint density at radius 1 is 1.26 bits per heavy atom. The lowest BCUT2D eigenvalue weighted by Crippen LogP contribution is -2.65.